The smallest absolute Gasteiger partial charge is 0.253 e. The van der Waals surface area contributed by atoms with Gasteiger partial charge in [-0.3, -0.25) is 9.69 Å². The topological polar surface area (TPSA) is 69.2 Å². The lowest BCUT2D eigenvalue weighted by atomic mass is 10.1. The zero-order chi connectivity index (χ0) is 19.5. The van der Waals surface area contributed by atoms with Gasteiger partial charge in [-0.05, 0) is 37.6 Å². The first kappa shape index (κ1) is 21.2. The third kappa shape index (κ3) is 7.56. The van der Waals surface area contributed by atoms with Crippen LogP contribution in [0.2, 0.25) is 0 Å². The maximum absolute atomic E-state index is 11.9. The summed E-state index contributed by atoms with van der Waals surface area (Å²) < 4.78 is 5.37. The fourth-order valence-corrected chi connectivity index (χ4v) is 2.86. The molecule has 1 aliphatic rings. The number of amides is 1. The highest BCUT2D eigenvalue weighted by Crippen LogP contribution is 2.07. The molecule has 0 unspecified atom stereocenters. The summed E-state index contributed by atoms with van der Waals surface area (Å²) in [5.41, 5.74) is 1.77. The highest BCUT2D eigenvalue weighted by molar-refractivity contribution is 5.93. The number of carbonyl (C=O) groups is 1. The Kier molecular flexibility index (Phi) is 9.07. The van der Waals surface area contributed by atoms with Gasteiger partial charge in [0.05, 0.1) is 19.8 Å². The third-order valence-corrected chi connectivity index (χ3v) is 4.42. The first-order valence-electron chi connectivity index (χ1n) is 9.73. The monoisotopic (exact) mass is 375 g/mol. The summed E-state index contributed by atoms with van der Waals surface area (Å²) in [6.45, 7) is 9.18. The van der Waals surface area contributed by atoms with Crippen molar-refractivity contribution >= 4 is 11.9 Å². The largest absolute Gasteiger partial charge is 0.379 e. The zero-order valence-electron chi connectivity index (χ0n) is 16.8. The van der Waals surface area contributed by atoms with E-state index in [9.17, 15) is 4.79 Å². The molecule has 0 aliphatic carbocycles. The van der Waals surface area contributed by atoms with Crippen molar-refractivity contribution in [3.63, 3.8) is 0 Å². The average molecular weight is 376 g/mol. The van der Waals surface area contributed by atoms with Gasteiger partial charge < -0.3 is 20.3 Å². The van der Waals surface area contributed by atoms with Gasteiger partial charge in [-0.1, -0.05) is 12.1 Å². The predicted molar refractivity (Wildman–Crippen MR) is 109 cm³/mol. The van der Waals surface area contributed by atoms with E-state index in [0.717, 1.165) is 63.9 Å². The van der Waals surface area contributed by atoms with E-state index in [-0.39, 0.29) is 5.91 Å². The van der Waals surface area contributed by atoms with Gasteiger partial charge in [0.2, 0.25) is 0 Å². The summed E-state index contributed by atoms with van der Waals surface area (Å²) in [7, 11) is 3.52. The van der Waals surface area contributed by atoms with Crippen LogP contribution in [0.5, 0.6) is 0 Å². The van der Waals surface area contributed by atoms with Gasteiger partial charge in [0.1, 0.15) is 0 Å². The molecule has 2 N–H and O–H groups in total. The normalized spacial score (nSPS) is 15.4. The van der Waals surface area contributed by atoms with Gasteiger partial charge >= 0.3 is 0 Å². The van der Waals surface area contributed by atoms with Crippen molar-refractivity contribution < 1.29 is 9.53 Å². The third-order valence-electron chi connectivity index (χ3n) is 4.42. The molecule has 0 radical (unpaired) electrons. The van der Waals surface area contributed by atoms with Gasteiger partial charge in [-0.2, -0.15) is 0 Å². The van der Waals surface area contributed by atoms with Crippen LogP contribution in [0, 0.1) is 0 Å². The molecule has 1 fully saturated rings. The molecule has 1 saturated heterocycles. The number of ether oxygens (including phenoxy) is 1. The van der Waals surface area contributed by atoms with E-state index in [1.54, 1.807) is 19.0 Å². The van der Waals surface area contributed by atoms with Crippen molar-refractivity contribution in [1.29, 1.82) is 0 Å². The number of nitrogens with zero attached hydrogens (tertiary/aromatic N) is 3. The molecule has 1 aliphatic heterocycles. The van der Waals surface area contributed by atoms with Crippen molar-refractivity contribution in [3.05, 3.63) is 35.4 Å². The van der Waals surface area contributed by atoms with E-state index in [2.05, 4.69) is 27.4 Å². The first-order chi connectivity index (χ1) is 13.1. The van der Waals surface area contributed by atoms with Crippen molar-refractivity contribution in [1.82, 2.24) is 20.4 Å². The number of nitrogens with one attached hydrogen (secondary N) is 2. The van der Waals surface area contributed by atoms with E-state index in [0.29, 0.717) is 12.1 Å². The lowest BCUT2D eigenvalue weighted by molar-refractivity contribution is 0.0376. The second-order valence-corrected chi connectivity index (χ2v) is 6.83. The Morgan fingerprint density at radius 2 is 1.89 bits per heavy atom. The van der Waals surface area contributed by atoms with Gasteiger partial charge in [-0.25, -0.2) is 4.99 Å². The van der Waals surface area contributed by atoms with Crippen LogP contribution in [0.25, 0.3) is 0 Å². The van der Waals surface area contributed by atoms with Gasteiger partial charge in [-0.15, -0.1) is 0 Å². The van der Waals surface area contributed by atoms with Crippen LogP contribution in [-0.4, -0.2) is 81.7 Å². The Labute approximate surface area is 162 Å². The number of rotatable bonds is 8. The summed E-state index contributed by atoms with van der Waals surface area (Å²) in [4.78, 5) is 20.6. The fourth-order valence-electron chi connectivity index (χ4n) is 2.86. The van der Waals surface area contributed by atoms with Crippen LogP contribution in [0.4, 0.5) is 0 Å². The molecule has 0 aromatic heterocycles. The zero-order valence-corrected chi connectivity index (χ0v) is 16.8. The Morgan fingerprint density at radius 3 is 2.52 bits per heavy atom. The summed E-state index contributed by atoms with van der Waals surface area (Å²) in [6.07, 6.45) is 1.08. The van der Waals surface area contributed by atoms with Crippen LogP contribution < -0.4 is 10.6 Å². The second kappa shape index (κ2) is 11.6. The van der Waals surface area contributed by atoms with E-state index >= 15 is 0 Å². The van der Waals surface area contributed by atoms with Crippen molar-refractivity contribution in [2.45, 2.75) is 19.9 Å². The minimum atomic E-state index is 0.0142. The number of morpholine rings is 1. The maximum atomic E-state index is 11.9. The summed E-state index contributed by atoms with van der Waals surface area (Å²) in [6, 6.07) is 7.64. The molecule has 150 valence electrons. The molecule has 0 spiro atoms. The summed E-state index contributed by atoms with van der Waals surface area (Å²) in [5, 5.41) is 6.68. The molecular weight excluding hydrogens is 342 g/mol. The average Bonchev–Trinajstić information content (AvgIpc) is 2.69. The quantitative estimate of drug-likeness (QED) is 0.405. The summed E-state index contributed by atoms with van der Waals surface area (Å²) in [5.74, 6) is 0.841. The van der Waals surface area contributed by atoms with Gasteiger partial charge in [0, 0.05) is 45.8 Å². The Bertz CT molecular complexity index is 595. The van der Waals surface area contributed by atoms with Crippen LogP contribution in [0.1, 0.15) is 29.3 Å². The van der Waals surface area contributed by atoms with Crippen molar-refractivity contribution in [2.24, 2.45) is 4.99 Å². The van der Waals surface area contributed by atoms with E-state index in [1.807, 2.05) is 24.3 Å². The molecule has 1 heterocycles. The first-order valence-corrected chi connectivity index (χ1v) is 9.73. The van der Waals surface area contributed by atoms with Crippen LogP contribution in [-0.2, 0) is 11.3 Å². The van der Waals surface area contributed by atoms with E-state index in [4.69, 9.17) is 4.74 Å². The number of carbonyl (C=O) groups excluding carboxylic acids is 1. The molecule has 0 bridgehead atoms. The number of aliphatic imine (C=N–C) groups is 1. The van der Waals surface area contributed by atoms with Crippen LogP contribution in [0.15, 0.2) is 29.3 Å². The molecule has 0 saturated carbocycles. The lowest BCUT2D eigenvalue weighted by Gasteiger charge is -2.26. The SMILES string of the molecule is CCNC(=NCc1ccc(C(=O)N(C)C)cc1)NCCCN1CCOCC1. The molecule has 1 amide bonds. The lowest BCUT2D eigenvalue weighted by Crippen LogP contribution is -2.40. The number of hydrogen-bond donors (Lipinski definition) is 2. The van der Waals surface area contributed by atoms with Gasteiger partial charge in [0.15, 0.2) is 5.96 Å². The minimum Gasteiger partial charge on any atom is -0.379 e. The predicted octanol–water partition coefficient (Wildman–Crippen LogP) is 1.17. The second-order valence-electron chi connectivity index (χ2n) is 6.83. The van der Waals surface area contributed by atoms with Crippen LogP contribution >= 0.6 is 0 Å². The molecule has 1 aromatic rings. The molecule has 2 rings (SSSR count). The molecule has 7 nitrogen and oxygen atoms in total. The maximum Gasteiger partial charge on any atom is 0.253 e. The molecule has 1 aromatic carbocycles. The highest BCUT2D eigenvalue weighted by atomic mass is 16.5. The standard InChI is InChI=1S/C20H33N5O2/c1-4-21-20(22-10-5-11-25-12-14-27-15-13-25)23-16-17-6-8-18(9-7-17)19(26)24(2)3/h6-9H,4-5,10-16H2,1-3H3,(H2,21,22,23). The Hall–Kier alpha value is -2.12. The van der Waals surface area contributed by atoms with Crippen molar-refractivity contribution in [3.8, 4) is 0 Å². The molecular formula is C20H33N5O2. The van der Waals surface area contributed by atoms with Gasteiger partial charge in [0.25, 0.3) is 5.91 Å². The fraction of sp³-hybridized carbons (Fsp3) is 0.600. The van der Waals surface area contributed by atoms with Crippen LogP contribution in [0.3, 0.4) is 0 Å². The molecule has 27 heavy (non-hydrogen) atoms. The van der Waals surface area contributed by atoms with E-state index < -0.39 is 0 Å². The molecule has 7 heteroatoms. The number of benzene rings is 1. The van der Waals surface area contributed by atoms with Crippen molar-refractivity contribution in [2.75, 3.05) is 60.0 Å². The minimum absolute atomic E-state index is 0.0142. The number of hydrogen-bond acceptors (Lipinski definition) is 4. The Balaban J connectivity index is 1.78. The number of guanidine groups is 1. The highest BCUT2D eigenvalue weighted by Gasteiger charge is 2.09. The molecule has 0 atom stereocenters. The Morgan fingerprint density at radius 1 is 1.19 bits per heavy atom. The van der Waals surface area contributed by atoms with E-state index in [1.165, 1.54) is 0 Å². The summed E-state index contributed by atoms with van der Waals surface area (Å²) >= 11 is 0.